The van der Waals surface area contributed by atoms with Crippen molar-refractivity contribution in [2.24, 2.45) is 0 Å². The highest BCUT2D eigenvalue weighted by molar-refractivity contribution is 5.15. The Hall–Kier alpha value is -1.30. The van der Waals surface area contributed by atoms with Gasteiger partial charge in [-0.2, -0.15) is 0 Å². The van der Waals surface area contributed by atoms with Gasteiger partial charge in [-0.3, -0.25) is 0 Å². The molecular weight excluding hydrogens is 168 g/mol. The molecule has 1 aliphatic carbocycles. The summed E-state index contributed by atoms with van der Waals surface area (Å²) in [4.78, 5) is 0. The van der Waals surface area contributed by atoms with Gasteiger partial charge >= 0.3 is 0 Å². The molecule has 0 nitrogen and oxygen atoms in total. The molecule has 0 fully saturated rings. The first-order chi connectivity index (χ1) is 7.00. The van der Waals surface area contributed by atoms with E-state index < -0.39 is 0 Å². The van der Waals surface area contributed by atoms with Crippen molar-refractivity contribution in [1.82, 2.24) is 0 Å². The smallest absolute Gasteiger partial charge is 0.0130 e. The molecule has 0 spiro atoms. The first-order valence-electron chi connectivity index (χ1n) is 5.13. The molecule has 1 aliphatic rings. The van der Waals surface area contributed by atoms with Crippen LogP contribution in [0.2, 0.25) is 0 Å². The standard InChI is InChI=1S/C14H17/c1-2-4-6-8-10-12-14-13-11-9-7-5-3-1/h1-7,10,12-14H,8-9,11H2/b3-1-,4-2+,7-5+,12-10+,14-13-. The molecule has 0 amide bonds. The third-order valence-electron chi connectivity index (χ3n) is 1.87. The van der Waals surface area contributed by atoms with Crippen LogP contribution in [-0.2, 0) is 0 Å². The Bertz CT molecular complexity index is 234. The van der Waals surface area contributed by atoms with Crippen LogP contribution in [-0.4, -0.2) is 0 Å². The lowest BCUT2D eigenvalue weighted by Gasteiger charge is -1.87. The van der Waals surface area contributed by atoms with Crippen LogP contribution in [0.1, 0.15) is 19.3 Å². The third-order valence-corrected chi connectivity index (χ3v) is 1.87. The summed E-state index contributed by atoms with van der Waals surface area (Å²) in [6.07, 6.45) is 26.5. The van der Waals surface area contributed by atoms with Crippen molar-refractivity contribution in [1.29, 1.82) is 0 Å². The molecule has 73 valence electrons. The lowest BCUT2D eigenvalue weighted by molar-refractivity contribution is 1.05. The van der Waals surface area contributed by atoms with E-state index in [4.69, 9.17) is 0 Å². The number of allylic oxidation sites excluding steroid dienone is 10. The maximum Gasteiger partial charge on any atom is -0.0130 e. The lowest BCUT2D eigenvalue weighted by atomic mass is 10.2. The van der Waals surface area contributed by atoms with E-state index in [9.17, 15) is 0 Å². The van der Waals surface area contributed by atoms with Crippen molar-refractivity contribution in [3.05, 3.63) is 67.2 Å². The Kier molecular flexibility index (Phi) is 6.39. The largest absolute Gasteiger partial charge is 0.0842 e. The summed E-state index contributed by atoms with van der Waals surface area (Å²) in [5.41, 5.74) is 0. The van der Waals surface area contributed by atoms with E-state index in [0.717, 1.165) is 19.3 Å². The summed E-state index contributed by atoms with van der Waals surface area (Å²) in [7, 11) is 0. The highest BCUT2D eigenvalue weighted by atomic mass is 13.8. The first kappa shape index (κ1) is 10.8. The first-order valence-corrected chi connectivity index (χ1v) is 5.13. The molecule has 0 heterocycles. The minimum Gasteiger partial charge on any atom is -0.0842 e. The van der Waals surface area contributed by atoms with Gasteiger partial charge in [0.25, 0.3) is 0 Å². The van der Waals surface area contributed by atoms with E-state index in [-0.39, 0.29) is 0 Å². The van der Waals surface area contributed by atoms with E-state index in [1.54, 1.807) is 0 Å². The van der Waals surface area contributed by atoms with Gasteiger partial charge in [-0.15, -0.1) is 0 Å². The second-order valence-electron chi connectivity index (χ2n) is 3.10. The zero-order valence-electron chi connectivity index (χ0n) is 8.47. The summed E-state index contributed by atoms with van der Waals surface area (Å²) in [5.74, 6) is 0. The van der Waals surface area contributed by atoms with Gasteiger partial charge in [0.15, 0.2) is 0 Å². The van der Waals surface area contributed by atoms with Crippen molar-refractivity contribution >= 4 is 0 Å². The molecule has 0 saturated heterocycles. The van der Waals surface area contributed by atoms with Crippen LogP contribution in [0.5, 0.6) is 0 Å². The molecule has 0 saturated carbocycles. The summed E-state index contributed by atoms with van der Waals surface area (Å²) in [6, 6.07) is 0. The van der Waals surface area contributed by atoms with Crippen LogP contribution in [0, 0.1) is 6.42 Å². The minimum atomic E-state index is 1.00. The van der Waals surface area contributed by atoms with Crippen molar-refractivity contribution in [2.45, 2.75) is 19.3 Å². The van der Waals surface area contributed by atoms with Crippen molar-refractivity contribution in [3.8, 4) is 0 Å². The SMILES string of the molecule is [CH]1/C=C/C=C\C=C\CC/C=C\C=C\C1. The Labute approximate surface area is 87.0 Å². The normalized spacial score (nSPS) is 29.7. The third kappa shape index (κ3) is 6.24. The van der Waals surface area contributed by atoms with Crippen LogP contribution in [0.4, 0.5) is 0 Å². The van der Waals surface area contributed by atoms with Gasteiger partial charge in [0.1, 0.15) is 0 Å². The summed E-state index contributed by atoms with van der Waals surface area (Å²) < 4.78 is 0. The average Bonchev–Trinajstić information content (AvgIpc) is 2.22. The van der Waals surface area contributed by atoms with Crippen LogP contribution in [0.15, 0.2) is 60.8 Å². The van der Waals surface area contributed by atoms with Crippen molar-refractivity contribution in [3.63, 3.8) is 0 Å². The van der Waals surface area contributed by atoms with E-state index in [0.29, 0.717) is 0 Å². The van der Waals surface area contributed by atoms with Crippen molar-refractivity contribution < 1.29 is 0 Å². The lowest BCUT2D eigenvalue weighted by Crippen LogP contribution is -1.67. The van der Waals surface area contributed by atoms with E-state index in [2.05, 4.69) is 67.2 Å². The predicted octanol–water partition coefficient (Wildman–Crippen LogP) is 4.16. The molecule has 0 bridgehead atoms. The molecule has 0 unspecified atom stereocenters. The van der Waals surface area contributed by atoms with Gasteiger partial charge in [0, 0.05) is 0 Å². The van der Waals surface area contributed by atoms with Crippen LogP contribution >= 0.6 is 0 Å². The molecule has 1 radical (unpaired) electrons. The van der Waals surface area contributed by atoms with Gasteiger partial charge in [-0.1, -0.05) is 60.8 Å². The molecular formula is C14H17. The number of rotatable bonds is 0. The molecule has 0 atom stereocenters. The molecule has 1 rings (SSSR count). The quantitative estimate of drug-likeness (QED) is 0.531. The zero-order valence-corrected chi connectivity index (χ0v) is 8.47. The maximum absolute atomic E-state index is 2.20. The number of hydrogen-bond acceptors (Lipinski definition) is 0. The fourth-order valence-corrected chi connectivity index (χ4v) is 1.13. The molecule has 0 heteroatoms. The fraction of sp³-hybridized carbons (Fsp3) is 0.214. The number of hydrogen-bond donors (Lipinski definition) is 0. The fourth-order valence-electron chi connectivity index (χ4n) is 1.13. The minimum absolute atomic E-state index is 1.00. The van der Waals surface area contributed by atoms with Crippen LogP contribution < -0.4 is 0 Å². The Morgan fingerprint density at radius 3 is 1.93 bits per heavy atom. The zero-order chi connectivity index (χ0) is 9.90. The molecule has 0 N–H and O–H groups in total. The topological polar surface area (TPSA) is 0 Å². The van der Waals surface area contributed by atoms with E-state index in [1.807, 2.05) is 0 Å². The molecule has 14 heavy (non-hydrogen) atoms. The Morgan fingerprint density at radius 2 is 1.07 bits per heavy atom. The highest BCUT2D eigenvalue weighted by Crippen LogP contribution is 1.97. The Balaban J connectivity index is 2.45. The summed E-state index contributed by atoms with van der Waals surface area (Å²) in [5, 5.41) is 0. The van der Waals surface area contributed by atoms with Gasteiger partial charge in [0.2, 0.25) is 0 Å². The summed E-state index contributed by atoms with van der Waals surface area (Å²) >= 11 is 0. The van der Waals surface area contributed by atoms with Crippen molar-refractivity contribution in [2.75, 3.05) is 0 Å². The average molecular weight is 185 g/mol. The maximum atomic E-state index is 2.20. The highest BCUT2D eigenvalue weighted by Gasteiger charge is 1.77. The second-order valence-corrected chi connectivity index (χ2v) is 3.10. The summed E-state index contributed by atoms with van der Waals surface area (Å²) in [6.45, 7) is 0. The van der Waals surface area contributed by atoms with Gasteiger partial charge in [-0.05, 0) is 25.7 Å². The molecule has 0 aromatic carbocycles. The van der Waals surface area contributed by atoms with Gasteiger partial charge in [-0.25, -0.2) is 0 Å². The van der Waals surface area contributed by atoms with Gasteiger partial charge in [0.05, 0.1) is 0 Å². The van der Waals surface area contributed by atoms with Gasteiger partial charge < -0.3 is 0 Å². The van der Waals surface area contributed by atoms with E-state index >= 15 is 0 Å². The monoisotopic (exact) mass is 185 g/mol. The van der Waals surface area contributed by atoms with E-state index in [1.165, 1.54) is 0 Å². The second kappa shape index (κ2) is 8.31. The van der Waals surface area contributed by atoms with Crippen LogP contribution in [0.3, 0.4) is 0 Å². The molecule has 0 aromatic rings. The Morgan fingerprint density at radius 1 is 0.500 bits per heavy atom. The predicted molar refractivity (Wildman–Crippen MR) is 63.9 cm³/mol. The molecule has 0 aromatic heterocycles. The molecule has 0 aliphatic heterocycles. The van der Waals surface area contributed by atoms with Crippen LogP contribution in [0.25, 0.3) is 0 Å².